The van der Waals surface area contributed by atoms with Crippen LogP contribution in [0.3, 0.4) is 0 Å². The Kier molecular flexibility index (Phi) is 3.99. The monoisotopic (exact) mass is 280 g/mol. The number of Topliss-reactive ketones (excluding diaryl/α,β-unsaturated/α-hetero) is 1. The first-order chi connectivity index (χ1) is 8.56. The van der Waals surface area contributed by atoms with E-state index in [4.69, 9.17) is 11.6 Å². The highest BCUT2D eigenvalue weighted by Gasteiger charge is 2.08. The van der Waals surface area contributed by atoms with Gasteiger partial charge < -0.3 is 4.90 Å². The van der Waals surface area contributed by atoms with Gasteiger partial charge in [0.2, 0.25) is 0 Å². The van der Waals surface area contributed by atoms with Crippen molar-refractivity contribution in [3.8, 4) is 0 Å². The zero-order chi connectivity index (χ0) is 13.1. The number of hydrogen-bond acceptors (Lipinski definition) is 4. The molecule has 2 heterocycles. The largest absolute Gasteiger partial charge is 0.355 e. The first-order valence-electron chi connectivity index (χ1n) is 5.48. The van der Waals surface area contributed by atoms with Gasteiger partial charge in [-0.25, -0.2) is 4.98 Å². The number of nitrogens with zero attached hydrogens (tertiary/aromatic N) is 2. The molecule has 18 heavy (non-hydrogen) atoms. The standard InChI is InChI=1S/C13H13ClN2OS/c1-9(17)10-5-6-15-13(7-10)16(2)8-11-3-4-12(14)18-11/h3-7H,8H2,1-2H3. The fraction of sp³-hybridized carbons (Fsp3) is 0.231. The third-order valence-electron chi connectivity index (χ3n) is 2.56. The Balaban J connectivity index is 2.15. The first-order valence-corrected chi connectivity index (χ1v) is 6.68. The molecule has 5 heteroatoms. The second-order valence-corrected chi connectivity index (χ2v) is 5.82. The zero-order valence-electron chi connectivity index (χ0n) is 10.2. The molecule has 0 N–H and O–H groups in total. The van der Waals surface area contributed by atoms with Gasteiger partial charge in [-0.1, -0.05) is 11.6 Å². The maximum atomic E-state index is 11.3. The van der Waals surface area contributed by atoms with Crippen LogP contribution in [0.15, 0.2) is 30.5 Å². The van der Waals surface area contributed by atoms with E-state index >= 15 is 0 Å². The molecule has 0 amide bonds. The van der Waals surface area contributed by atoms with E-state index in [1.165, 1.54) is 0 Å². The van der Waals surface area contributed by atoms with Crippen LogP contribution in [-0.2, 0) is 6.54 Å². The SMILES string of the molecule is CC(=O)c1ccnc(N(C)Cc2ccc(Cl)s2)c1. The molecule has 0 saturated heterocycles. The lowest BCUT2D eigenvalue weighted by Crippen LogP contribution is -2.17. The summed E-state index contributed by atoms with van der Waals surface area (Å²) in [5.41, 5.74) is 0.677. The normalized spacial score (nSPS) is 10.4. The molecule has 0 spiro atoms. The van der Waals surface area contributed by atoms with Crippen LogP contribution >= 0.6 is 22.9 Å². The Bertz CT molecular complexity index is 568. The van der Waals surface area contributed by atoms with E-state index in [2.05, 4.69) is 4.98 Å². The molecule has 94 valence electrons. The van der Waals surface area contributed by atoms with E-state index in [0.717, 1.165) is 21.6 Å². The van der Waals surface area contributed by atoms with Gasteiger partial charge in [0, 0.05) is 23.7 Å². The average Bonchev–Trinajstić information content (AvgIpc) is 2.75. The lowest BCUT2D eigenvalue weighted by Gasteiger charge is -2.17. The first kappa shape index (κ1) is 13.1. The van der Waals surface area contributed by atoms with Crippen LogP contribution in [0.5, 0.6) is 0 Å². The third-order valence-corrected chi connectivity index (χ3v) is 3.78. The van der Waals surface area contributed by atoms with Gasteiger partial charge in [0.1, 0.15) is 5.82 Å². The van der Waals surface area contributed by atoms with Crippen LogP contribution in [0.4, 0.5) is 5.82 Å². The summed E-state index contributed by atoms with van der Waals surface area (Å²) in [7, 11) is 1.94. The minimum Gasteiger partial charge on any atom is -0.355 e. The molecule has 0 atom stereocenters. The average molecular weight is 281 g/mol. The number of carbonyl (C=O) groups is 1. The second-order valence-electron chi connectivity index (χ2n) is 4.02. The van der Waals surface area contributed by atoms with Gasteiger partial charge in [0.25, 0.3) is 0 Å². The van der Waals surface area contributed by atoms with E-state index in [0.29, 0.717) is 5.56 Å². The molecule has 2 aromatic rings. The number of hydrogen-bond donors (Lipinski definition) is 0. The Morgan fingerprint density at radius 2 is 2.22 bits per heavy atom. The van der Waals surface area contributed by atoms with Crippen molar-refractivity contribution in [3.63, 3.8) is 0 Å². The highest BCUT2D eigenvalue weighted by atomic mass is 35.5. The summed E-state index contributed by atoms with van der Waals surface area (Å²) < 4.78 is 0.781. The van der Waals surface area contributed by atoms with Crippen molar-refractivity contribution in [3.05, 3.63) is 45.2 Å². The van der Waals surface area contributed by atoms with E-state index < -0.39 is 0 Å². The maximum Gasteiger partial charge on any atom is 0.159 e. The third kappa shape index (κ3) is 3.09. The number of anilines is 1. The fourth-order valence-corrected chi connectivity index (χ4v) is 2.74. The summed E-state index contributed by atoms with van der Waals surface area (Å²) >= 11 is 7.45. The molecule has 0 fully saturated rings. The fourth-order valence-electron chi connectivity index (χ4n) is 1.60. The van der Waals surface area contributed by atoms with Crippen LogP contribution in [0.2, 0.25) is 4.34 Å². The summed E-state index contributed by atoms with van der Waals surface area (Å²) in [6.07, 6.45) is 1.66. The number of thiophene rings is 1. The molecular formula is C13H13ClN2OS. The summed E-state index contributed by atoms with van der Waals surface area (Å²) in [6, 6.07) is 7.41. The number of rotatable bonds is 4. The molecule has 2 aromatic heterocycles. The molecule has 0 unspecified atom stereocenters. The Morgan fingerprint density at radius 3 is 2.83 bits per heavy atom. The number of carbonyl (C=O) groups excluding carboxylic acids is 1. The van der Waals surface area contributed by atoms with Gasteiger partial charge in [-0.2, -0.15) is 0 Å². The second kappa shape index (κ2) is 5.50. The Hall–Kier alpha value is -1.39. The number of pyridine rings is 1. The van der Waals surface area contributed by atoms with Crippen molar-refractivity contribution in [2.75, 3.05) is 11.9 Å². The molecule has 3 nitrogen and oxygen atoms in total. The van der Waals surface area contributed by atoms with Crippen molar-refractivity contribution in [2.45, 2.75) is 13.5 Å². The molecule has 0 aliphatic carbocycles. The summed E-state index contributed by atoms with van der Waals surface area (Å²) in [5.74, 6) is 0.832. The molecule has 0 aromatic carbocycles. The summed E-state index contributed by atoms with van der Waals surface area (Å²) in [6.45, 7) is 2.28. The van der Waals surface area contributed by atoms with Gasteiger partial charge in [0.15, 0.2) is 5.78 Å². The molecule has 0 aliphatic rings. The van der Waals surface area contributed by atoms with Crippen LogP contribution in [0.25, 0.3) is 0 Å². The Labute approximate surface area is 115 Å². The molecule has 0 aliphatic heterocycles. The highest BCUT2D eigenvalue weighted by molar-refractivity contribution is 7.16. The van der Waals surface area contributed by atoms with Crippen molar-refractivity contribution in [1.82, 2.24) is 4.98 Å². The van der Waals surface area contributed by atoms with Crippen LogP contribution in [-0.4, -0.2) is 17.8 Å². The predicted octanol–water partition coefficient (Wildman–Crippen LogP) is 3.64. The number of aromatic nitrogens is 1. The van der Waals surface area contributed by atoms with E-state index in [9.17, 15) is 4.79 Å². The van der Waals surface area contributed by atoms with Gasteiger partial charge in [-0.3, -0.25) is 4.79 Å². The summed E-state index contributed by atoms with van der Waals surface area (Å²) in [4.78, 5) is 18.7. The van der Waals surface area contributed by atoms with Crippen molar-refractivity contribution in [2.24, 2.45) is 0 Å². The van der Waals surface area contributed by atoms with Crippen molar-refractivity contribution < 1.29 is 4.79 Å². The minimum atomic E-state index is 0.0474. The number of ketones is 1. The molecule has 0 saturated carbocycles. The van der Waals surface area contributed by atoms with Crippen LogP contribution < -0.4 is 4.90 Å². The van der Waals surface area contributed by atoms with E-state index in [1.54, 1.807) is 36.6 Å². The van der Waals surface area contributed by atoms with Gasteiger partial charge >= 0.3 is 0 Å². The topological polar surface area (TPSA) is 33.2 Å². The lowest BCUT2D eigenvalue weighted by atomic mass is 10.2. The molecular weight excluding hydrogens is 268 g/mol. The predicted molar refractivity (Wildman–Crippen MR) is 75.7 cm³/mol. The number of halogens is 1. The Morgan fingerprint density at radius 1 is 1.44 bits per heavy atom. The molecule has 0 bridgehead atoms. The van der Waals surface area contributed by atoms with Crippen LogP contribution in [0, 0.1) is 0 Å². The summed E-state index contributed by atoms with van der Waals surface area (Å²) in [5, 5.41) is 0. The minimum absolute atomic E-state index is 0.0474. The van der Waals surface area contributed by atoms with Gasteiger partial charge in [0.05, 0.1) is 10.9 Å². The van der Waals surface area contributed by atoms with E-state index in [1.807, 2.05) is 24.1 Å². The maximum absolute atomic E-state index is 11.3. The van der Waals surface area contributed by atoms with Gasteiger partial charge in [-0.15, -0.1) is 11.3 Å². The van der Waals surface area contributed by atoms with Crippen molar-refractivity contribution in [1.29, 1.82) is 0 Å². The molecule has 2 rings (SSSR count). The van der Waals surface area contributed by atoms with Crippen LogP contribution in [0.1, 0.15) is 22.2 Å². The quantitative estimate of drug-likeness (QED) is 0.802. The smallest absolute Gasteiger partial charge is 0.159 e. The van der Waals surface area contributed by atoms with E-state index in [-0.39, 0.29) is 5.78 Å². The van der Waals surface area contributed by atoms with Gasteiger partial charge in [-0.05, 0) is 31.2 Å². The lowest BCUT2D eigenvalue weighted by molar-refractivity contribution is 0.101. The highest BCUT2D eigenvalue weighted by Crippen LogP contribution is 2.24. The zero-order valence-corrected chi connectivity index (χ0v) is 11.8. The molecule has 0 radical (unpaired) electrons. The van der Waals surface area contributed by atoms with Crippen molar-refractivity contribution >= 4 is 34.5 Å².